The Kier molecular flexibility index (Phi) is 6.84. The minimum absolute atomic E-state index is 0.0508. The molecule has 0 bridgehead atoms. The molecular weight excluding hydrogens is 475 g/mol. The highest BCUT2D eigenvalue weighted by atomic mass is 35.5. The quantitative estimate of drug-likeness (QED) is 0.682. The lowest BCUT2D eigenvalue weighted by Gasteiger charge is -2.34. The zero-order valence-corrected chi connectivity index (χ0v) is 20.1. The number of carbonyl (C=O) groups excluding carboxylic acids is 1. The van der Waals surface area contributed by atoms with E-state index in [1.807, 2.05) is 13.8 Å². The van der Waals surface area contributed by atoms with Gasteiger partial charge in [0, 0.05) is 29.3 Å². The van der Waals surface area contributed by atoms with Crippen molar-refractivity contribution >= 4 is 39.3 Å². The maximum Gasteiger partial charge on any atom is 0.251 e. The fraction of sp³-hybridized carbons (Fsp3) is 0.409. The number of amides is 1. The minimum atomic E-state index is -3.91. The Bertz CT molecular complexity index is 1130. The van der Waals surface area contributed by atoms with Gasteiger partial charge in [-0.25, -0.2) is 12.8 Å². The molecular formula is C22H24ClFN2O4S2. The summed E-state index contributed by atoms with van der Waals surface area (Å²) < 4.78 is 47.7. The zero-order chi connectivity index (χ0) is 23.0. The van der Waals surface area contributed by atoms with Crippen LogP contribution in [0.1, 0.15) is 42.2 Å². The number of fused-ring (bicyclic) bond motifs is 1. The SMILES string of the molecule is C[C@@H]1CN(S(=O)(=O)c2cc(C(=O)N[C@@H]3CCSc4c(F)cccc43)ccc2Cl)C[C@@H](C)O1. The molecule has 4 rings (SSSR count). The van der Waals surface area contributed by atoms with Gasteiger partial charge in [-0.3, -0.25) is 4.79 Å². The molecule has 10 heteroatoms. The standard InChI is InChI=1S/C22H24ClFN2O4S2/c1-13-11-26(12-14(2)30-13)32(28,29)20-10-15(6-7-17(20)23)22(27)25-19-8-9-31-21-16(19)4-3-5-18(21)24/h3-7,10,13-14,19H,8-9,11-12H2,1-2H3,(H,25,27)/t13-,14-,19-/m1/s1. The van der Waals surface area contributed by atoms with Crippen LogP contribution in [-0.2, 0) is 14.8 Å². The maximum absolute atomic E-state index is 14.1. The van der Waals surface area contributed by atoms with E-state index in [1.54, 1.807) is 12.1 Å². The van der Waals surface area contributed by atoms with Gasteiger partial charge in [0.15, 0.2) is 0 Å². The van der Waals surface area contributed by atoms with Gasteiger partial charge >= 0.3 is 0 Å². The number of hydrogen-bond donors (Lipinski definition) is 1. The molecule has 3 atom stereocenters. The van der Waals surface area contributed by atoms with Gasteiger partial charge in [0.25, 0.3) is 5.91 Å². The first kappa shape index (κ1) is 23.5. The Morgan fingerprint density at radius 2 is 1.94 bits per heavy atom. The van der Waals surface area contributed by atoms with Crippen LogP contribution in [0.5, 0.6) is 0 Å². The topological polar surface area (TPSA) is 75.7 Å². The third-order valence-corrected chi connectivity index (χ3v) is 9.00. The molecule has 1 amide bonds. The predicted octanol–water partition coefficient (Wildman–Crippen LogP) is 4.24. The lowest BCUT2D eigenvalue weighted by molar-refractivity contribution is -0.0440. The predicted molar refractivity (Wildman–Crippen MR) is 122 cm³/mol. The van der Waals surface area contributed by atoms with E-state index in [2.05, 4.69) is 5.32 Å². The molecule has 1 N–H and O–H groups in total. The molecule has 2 aliphatic rings. The van der Waals surface area contributed by atoms with Crippen LogP contribution in [0.25, 0.3) is 0 Å². The zero-order valence-electron chi connectivity index (χ0n) is 17.7. The van der Waals surface area contributed by atoms with Crippen molar-refractivity contribution in [2.75, 3.05) is 18.8 Å². The van der Waals surface area contributed by atoms with Gasteiger partial charge in [-0.15, -0.1) is 11.8 Å². The molecule has 0 radical (unpaired) electrons. The van der Waals surface area contributed by atoms with E-state index in [9.17, 15) is 17.6 Å². The summed E-state index contributed by atoms with van der Waals surface area (Å²) in [7, 11) is -3.91. The molecule has 1 saturated heterocycles. The van der Waals surface area contributed by atoms with Crippen LogP contribution in [-0.4, -0.2) is 49.7 Å². The van der Waals surface area contributed by atoms with E-state index in [1.165, 1.54) is 40.3 Å². The summed E-state index contributed by atoms with van der Waals surface area (Å²) >= 11 is 7.67. The molecule has 0 spiro atoms. The van der Waals surface area contributed by atoms with E-state index in [4.69, 9.17) is 16.3 Å². The number of ether oxygens (including phenoxy) is 1. The Balaban J connectivity index is 1.60. The average molecular weight is 499 g/mol. The van der Waals surface area contributed by atoms with E-state index in [0.717, 1.165) is 5.56 Å². The van der Waals surface area contributed by atoms with Crippen LogP contribution < -0.4 is 5.32 Å². The first-order valence-electron chi connectivity index (χ1n) is 10.3. The van der Waals surface area contributed by atoms with Crippen molar-refractivity contribution in [3.05, 3.63) is 58.4 Å². The van der Waals surface area contributed by atoms with Crippen LogP contribution in [0.3, 0.4) is 0 Å². The summed E-state index contributed by atoms with van der Waals surface area (Å²) in [6.45, 7) is 4.04. The van der Waals surface area contributed by atoms with Crippen molar-refractivity contribution in [3.8, 4) is 0 Å². The average Bonchev–Trinajstić information content (AvgIpc) is 2.74. The Morgan fingerprint density at radius 3 is 2.66 bits per heavy atom. The number of thioether (sulfide) groups is 1. The van der Waals surface area contributed by atoms with Crippen molar-refractivity contribution in [2.45, 2.75) is 48.3 Å². The first-order valence-corrected chi connectivity index (χ1v) is 13.1. The number of benzene rings is 2. The van der Waals surface area contributed by atoms with E-state index in [-0.39, 0.29) is 52.6 Å². The Labute approximate surface area is 196 Å². The number of halogens is 2. The van der Waals surface area contributed by atoms with Gasteiger partial charge in [-0.2, -0.15) is 4.31 Å². The van der Waals surface area contributed by atoms with Gasteiger partial charge in [0.2, 0.25) is 10.0 Å². The number of hydrogen-bond acceptors (Lipinski definition) is 5. The second kappa shape index (κ2) is 9.30. The number of nitrogens with one attached hydrogen (secondary N) is 1. The molecule has 172 valence electrons. The molecule has 0 saturated carbocycles. The molecule has 2 aliphatic heterocycles. The summed E-state index contributed by atoms with van der Waals surface area (Å²) in [5.41, 5.74) is 0.909. The first-order chi connectivity index (χ1) is 15.2. The number of nitrogens with zero attached hydrogens (tertiary/aromatic N) is 1. The van der Waals surface area contributed by atoms with Gasteiger partial charge in [-0.1, -0.05) is 23.7 Å². The molecule has 2 aromatic rings. The maximum atomic E-state index is 14.1. The summed E-state index contributed by atoms with van der Waals surface area (Å²) in [6, 6.07) is 8.68. The van der Waals surface area contributed by atoms with E-state index >= 15 is 0 Å². The highest BCUT2D eigenvalue weighted by molar-refractivity contribution is 7.99. The van der Waals surface area contributed by atoms with Crippen LogP contribution >= 0.6 is 23.4 Å². The highest BCUT2D eigenvalue weighted by Gasteiger charge is 2.34. The van der Waals surface area contributed by atoms with E-state index < -0.39 is 15.9 Å². The van der Waals surface area contributed by atoms with Crippen molar-refractivity contribution in [2.24, 2.45) is 0 Å². The number of sulfonamides is 1. The number of rotatable bonds is 4. The summed E-state index contributed by atoms with van der Waals surface area (Å²) in [4.78, 5) is 13.4. The second-order valence-corrected chi connectivity index (χ2v) is 11.5. The van der Waals surface area contributed by atoms with Gasteiger partial charge in [0.05, 0.1) is 23.3 Å². The lowest BCUT2D eigenvalue weighted by Crippen LogP contribution is -2.48. The summed E-state index contributed by atoms with van der Waals surface area (Å²) in [5.74, 6) is -0.0683. The molecule has 2 aromatic carbocycles. The molecule has 32 heavy (non-hydrogen) atoms. The molecule has 0 aromatic heterocycles. The fourth-order valence-corrected chi connectivity index (χ4v) is 7.32. The van der Waals surface area contributed by atoms with Crippen LogP contribution in [0.2, 0.25) is 5.02 Å². The Morgan fingerprint density at radius 1 is 1.22 bits per heavy atom. The monoisotopic (exact) mass is 498 g/mol. The van der Waals surface area contributed by atoms with Crippen LogP contribution in [0.4, 0.5) is 4.39 Å². The van der Waals surface area contributed by atoms with Crippen LogP contribution in [0.15, 0.2) is 46.2 Å². The van der Waals surface area contributed by atoms with E-state index in [0.29, 0.717) is 17.1 Å². The molecule has 0 unspecified atom stereocenters. The van der Waals surface area contributed by atoms with Crippen LogP contribution in [0, 0.1) is 5.82 Å². The lowest BCUT2D eigenvalue weighted by atomic mass is 10.0. The Hall–Kier alpha value is -1.65. The van der Waals surface area contributed by atoms with Gasteiger partial charge in [0.1, 0.15) is 10.7 Å². The molecule has 0 aliphatic carbocycles. The fourth-order valence-electron chi connectivity index (χ4n) is 4.09. The molecule has 6 nitrogen and oxygen atoms in total. The third kappa shape index (κ3) is 4.68. The van der Waals surface area contributed by atoms with Crippen molar-refractivity contribution in [3.63, 3.8) is 0 Å². The number of morpholine rings is 1. The van der Waals surface area contributed by atoms with Gasteiger partial charge < -0.3 is 10.1 Å². The largest absolute Gasteiger partial charge is 0.373 e. The third-order valence-electron chi connectivity index (χ3n) is 5.53. The molecule has 2 heterocycles. The minimum Gasteiger partial charge on any atom is -0.373 e. The van der Waals surface area contributed by atoms with Crippen molar-refractivity contribution < 1.29 is 22.3 Å². The smallest absolute Gasteiger partial charge is 0.251 e. The normalized spacial score (nSPS) is 24.1. The highest BCUT2D eigenvalue weighted by Crippen LogP contribution is 2.38. The summed E-state index contributed by atoms with van der Waals surface area (Å²) in [6.07, 6.45) is 0.154. The summed E-state index contributed by atoms with van der Waals surface area (Å²) in [5, 5.41) is 2.97. The second-order valence-electron chi connectivity index (χ2n) is 8.05. The van der Waals surface area contributed by atoms with Crippen molar-refractivity contribution in [1.82, 2.24) is 9.62 Å². The van der Waals surface area contributed by atoms with Gasteiger partial charge in [-0.05, 0) is 50.1 Å². The van der Waals surface area contributed by atoms with Crippen molar-refractivity contribution in [1.29, 1.82) is 0 Å². The molecule has 1 fully saturated rings. The number of carbonyl (C=O) groups is 1.